The van der Waals surface area contributed by atoms with Crippen molar-refractivity contribution in [2.45, 2.75) is 36.0 Å². The third-order valence-electron chi connectivity index (χ3n) is 3.49. The molecule has 0 bridgehead atoms. The fraction of sp³-hybridized carbons (Fsp3) is 0.429. The van der Waals surface area contributed by atoms with Crippen molar-refractivity contribution in [2.75, 3.05) is 6.54 Å². The minimum absolute atomic E-state index is 0.189. The van der Waals surface area contributed by atoms with Crippen LogP contribution in [0.1, 0.15) is 31.5 Å². The van der Waals surface area contributed by atoms with E-state index >= 15 is 0 Å². The van der Waals surface area contributed by atoms with E-state index < -0.39 is 0 Å². The minimum atomic E-state index is -0.226. The van der Waals surface area contributed by atoms with Gasteiger partial charge in [0.05, 0.1) is 11.3 Å². The van der Waals surface area contributed by atoms with Crippen LogP contribution in [0.2, 0.25) is 0 Å². The molecular formula is C14H16FN3OS. The Morgan fingerprint density at radius 3 is 2.90 bits per heavy atom. The summed E-state index contributed by atoms with van der Waals surface area (Å²) in [6, 6.07) is 6.41. The van der Waals surface area contributed by atoms with Gasteiger partial charge in [-0.2, -0.15) is 4.98 Å². The molecule has 1 aliphatic rings. The van der Waals surface area contributed by atoms with Crippen LogP contribution in [-0.2, 0) is 11.3 Å². The van der Waals surface area contributed by atoms with Gasteiger partial charge in [-0.3, -0.25) is 0 Å². The van der Waals surface area contributed by atoms with Crippen molar-refractivity contribution in [1.82, 2.24) is 15.5 Å². The van der Waals surface area contributed by atoms with Crippen molar-refractivity contribution in [2.24, 2.45) is 0 Å². The van der Waals surface area contributed by atoms with Crippen LogP contribution in [0, 0.1) is 5.82 Å². The highest BCUT2D eigenvalue weighted by Gasteiger charge is 2.35. The summed E-state index contributed by atoms with van der Waals surface area (Å²) in [4.78, 5) is 5.45. The Morgan fingerprint density at radius 1 is 1.40 bits per heavy atom. The maximum Gasteiger partial charge on any atom is 0.246 e. The zero-order valence-electron chi connectivity index (χ0n) is 11.2. The summed E-state index contributed by atoms with van der Waals surface area (Å²) >= 11 is 1.56. The summed E-state index contributed by atoms with van der Waals surface area (Å²) in [5.74, 6) is 1.72. The van der Waals surface area contributed by atoms with Gasteiger partial charge in [0, 0.05) is 4.90 Å². The van der Waals surface area contributed by atoms with E-state index in [1.807, 2.05) is 0 Å². The van der Waals surface area contributed by atoms with Gasteiger partial charge in [0.25, 0.3) is 0 Å². The SMILES string of the molecule is CC1(c2nc(CSc3ccc(F)cc3)no2)CCCN1. The van der Waals surface area contributed by atoms with Gasteiger partial charge in [-0.25, -0.2) is 4.39 Å². The van der Waals surface area contributed by atoms with Crippen molar-refractivity contribution in [3.8, 4) is 0 Å². The number of thioether (sulfide) groups is 1. The van der Waals surface area contributed by atoms with Crippen molar-refractivity contribution in [3.63, 3.8) is 0 Å². The normalized spacial score (nSPS) is 22.3. The number of aromatic nitrogens is 2. The number of benzene rings is 1. The van der Waals surface area contributed by atoms with E-state index in [1.54, 1.807) is 23.9 Å². The van der Waals surface area contributed by atoms with E-state index in [9.17, 15) is 4.39 Å². The molecule has 1 aromatic carbocycles. The molecule has 20 heavy (non-hydrogen) atoms. The summed E-state index contributed by atoms with van der Waals surface area (Å²) < 4.78 is 18.2. The maximum atomic E-state index is 12.8. The molecular weight excluding hydrogens is 277 g/mol. The molecule has 1 aromatic heterocycles. The van der Waals surface area contributed by atoms with Crippen molar-refractivity contribution < 1.29 is 8.91 Å². The molecule has 2 heterocycles. The van der Waals surface area contributed by atoms with Gasteiger partial charge in [-0.1, -0.05) is 5.16 Å². The predicted molar refractivity (Wildman–Crippen MR) is 74.8 cm³/mol. The van der Waals surface area contributed by atoms with Crippen molar-refractivity contribution >= 4 is 11.8 Å². The molecule has 1 atom stereocenters. The molecule has 1 N–H and O–H groups in total. The minimum Gasteiger partial charge on any atom is -0.337 e. The van der Waals surface area contributed by atoms with E-state index in [1.165, 1.54) is 12.1 Å². The number of nitrogens with one attached hydrogen (secondary N) is 1. The van der Waals surface area contributed by atoms with Crippen LogP contribution in [0.3, 0.4) is 0 Å². The second kappa shape index (κ2) is 5.54. The summed E-state index contributed by atoms with van der Waals surface area (Å²) in [6.45, 7) is 3.07. The van der Waals surface area contributed by atoms with Crippen LogP contribution < -0.4 is 5.32 Å². The lowest BCUT2D eigenvalue weighted by atomic mass is 10.0. The predicted octanol–water partition coefficient (Wildman–Crippen LogP) is 3.10. The molecule has 1 fully saturated rings. The Hall–Kier alpha value is -1.40. The highest BCUT2D eigenvalue weighted by atomic mass is 32.2. The monoisotopic (exact) mass is 293 g/mol. The van der Waals surface area contributed by atoms with Gasteiger partial charge >= 0.3 is 0 Å². The third-order valence-corrected chi connectivity index (χ3v) is 4.50. The molecule has 1 aliphatic heterocycles. The molecule has 2 aromatic rings. The lowest BCUT2D eigenvalue weighted by Crippen LogP contribution is -2.33. The lowest BCUT2D eigenvalue weighted by Gasteiger charge is -2.18. The Balaban J connectivity index is 1.64. The largest absolute Gasteiger partial charge is 0.337 e. The average Bonchev–Trinajstić information content (AvgIpc) is 3.08. The summed E-state index contributed by atoms with van der Waals surface area (Å²) in [5.41, 5.74) is -0.189. The Morgan fingerprint density at radius 2 is 2.20 bits per heavy atom. The van der Waals surface area contributed by atoms with E-state index in [2.05, 4.69) is 22.4 Å². The molecule has 4 nitrogen and oxygen atoms in total. The molecule has 0 spiro atoms. The molecule has 0 radical (unpaired) electrons. The van der Waals surface area contributed by atoms with E-state index in [-0.39, 0.29) is 11.4 Å². The first-order valence-electron chi connectivity index (χ1n) is 6.62. The maximum absolute atomic E-state index is 12.8. The summed E-state index contributed by atoms with van der Waals surface area (Å²) in [7, 11) is 0. The molecule has 106 valence electrons. The van der Waals surface area contributed by atoms with Gasteiger partial charge in [0.1, 0.15) is 5.82 Å². The first-order valence-corrected chi connectivity index (χ1v) is 7.61. The second-order valence-corrected chi connectivity index (χ2v) is 6.17. The first-order chi connectivity index (χ1) is 9.66. The van der Waals surface area contributed by atoms with Crippen LogP contribution in [-0.4, -0.2) is 16.7 Å². The standard InChI is InChI=1S/C14H16FN3OS/c1-14(7-2-8-16-14)13-17-12(18-19-13)9-20-11-5-3-10(15)4-6-11/h3-6,16H,2,7-9H2,1H3. The molecule has 1 unspecified atom stereocenters. The summed E-state index contributed by atoms with van der Waals surface area (Å²) in [5, 5.41) is 7.42. The van der Waals surface area contributed by atoms with Crippen molar-refractivity contribution in [3.05, 3.63) is 41.8 Å². The number of hydrogen-bond donors (Lipinski definition) is 1. The summed E-state index contributed by atoms with van der Waals surface area (Å²) in [6.07, 6.45) is 2.14. The van der Waals surface area contributed by atoms with Gasteiger partial charge in [0.2, 0.25) is 5.89 Å². The van der Waals surface area contributed by atoms with Gasteiger partial charge in [0.15, 0.2) is 5.82 Å². The second-order valence-electron chi connectivity index (χ2n) is 5.12. The smallest absolute Gasteiger partial charge is 0.246 e. The number of hydrogen-bond acceptors (Lipinski definition) is 5. The van der Waals surface area contributed by atoms with E-state index in [0.29, 0.717) is 17.5 Å². The van der Waals surface area contributed by atoms with Crippen LogP contribution in [0.4, 0.5) is 4.39 Å². The zero-order chi connectivity index (χ0) is 14.0. The zero-order valence-corrected chi connectivity index (χ0v) is 12.0. The highest BCUT2D eigenvalue weighted by Crippen LogP contribution is 2.29. The first kappa shape index (κ1) is 13.6. The molecule has 1 saturated heterocycles. The van der Waals surface area contributed by atoms with Gasteiger partial charge in [-0.05, 0) is 50.6 Å². The topological polar surface area (TPSA) is 51.0 Å². The molecule has 0 saturated carbocycles. The van der Waals surface area contributed by atoms with Crippen LogP contribution in [0.5, 0.6) is 0 Å². The average molecular weight is 293 g/mol. The van der Waals surface area contributed by atoms with Gasteiger partial charge in [-0.15, -0.1) is 11.8 Å². The third kappa shape index (κ3) is 2.86. The van der Waals surface area contributed by atoms with Gasteiger partial charge < -0.3 is 9.84 Å². The molecule has 6 heteroatoms. The fourth-order valence-electron chi connectivity index (χ4n) is 2.29. The lowest BCUT2D eigenvalue weighted by molar-refractivity contribution is 0.274. The number of halogens is 1. The fourth-order valence-corrected chi connectivity index (χ4v) is 3.03. The Labute approximate surface area is 121 Å². The Bertz CT molecular complexity index is 578. The molecule has 0 amide bonds. The number of nitrogens with zero attached hydrogens (tertiary/aromatic N) is 2. The van der Waals surface area contributed by atoms with Crippen LogP contribution in [0.25, 0.3) is 0 Å². The number of rotatable bonds is 4. The van der Waals surface area contributed by atoms with Crippen LogP contribution in [0.15, 0.2) is 33.7 Å². The highest BCUT2D eigenvalue weighted by molar-refractivity contribution is 7.98. The van der Waals surface area contributed by atoms with E-state index in [4.69, 9.17) is 4.52 Å². The van der Waals surface area contributed by atoms with Crippen LogP contribution >= 0.6 is 11.8 Å². The molecule has 0 aliphatic carbocycles. The molecule has 3 rings (SSSR count). The Kier molecular flexibility index (Phi) is 3.76. The van der Waals surface area contributed by atoms with E-state index in [0.717, 1.165) is 24.3 Å². The van der Waals surface area contributed by atoms with Crippen molar-refractivity contribution in [1.29, 1.82) is 0 Å². The quantitative estimate of drug-likeness (QED) is 0.878.